The molecular formula is C24H22ClFN2O4. The van der Waals surface area contributed by atoms with Gasteiger partial charge in [0.15, 0.2) is 0 Å². The maximum Gasteiger partial charge on any atom is 0.407 e. The van der Waals surface area contributed by atoms with Gasteiger partial charge in [0, 0.05) is 24.2 Å². The first-order valence-electron chi connectivity index (χ1n) is 10.2. The summed E-state index contributed by atoms with van der Waals surface area (Å²) in [4.78, 5) is 15.6. The zero-order chi connectivity index (χ0) is 22.7. The van der Waals surface area contributed by atoms with Crippen LogP contribution in [0.1, 0.15) is 35.1 Å². The average molecular weight is 457 g/mol. The van der Waals surface area contributed by atoms with Crippen molar-refractivity contribution in [1.82, 2.24) is 10.3 Å². The van der Waals surface area contributed by atoms with E-state index in [1.807, 2.05) is 36.4 Å². The Bertz CT molecular complexity index is 1080. The van der Waals surface area contributed by atoms with E-state index in [1.165, 1.54) is 6.07 Å². The summed E-state index contributed by atoms with van der Waals surface area (Å²) in [6.45, 7) is 0.266. The molecule has 1 heterocycles. The van der Waals surface area contributed by atoms with E-state index in [1.54, 1.807) is 0 Å². The number of nitrogens with zero attached hydrogens (tertiary/aromatic N) is 1. The first-order chi connectivity index (χ1) is 15.5. The fourth-order valence-corrected chi connectivity index (χ4v) is 4.12. The van der Waals surface area contributed by atoms with Crippen molar-refractivity contribution in [2.24, 2.45) is 0 Å². The molecule has 0 saturated carbocycles. The molecule has 2 aromatic carbocycles. The number of fused-ring (bicyclic) bond motifs is 3. The van der Waals surface area contributed by atoms with E-state index >= 15 is 0 Å². The number of hydrogen-bond donors (Lipinski definition) is 3. The van der Waals surface area contributed by atoms with Crippen LogP contribution in [0.5, 0.6) is 0 Å². The summed E-state index contributed by atoms with van der Waals surface area (Å²) in [7, 11) is 0. The van der Waals surface area contributed by atoms with E-state index in [-0.39, 0.29) is 36.1 Å². The lowest BCUT2D eigenvalue weighted by Gasteiger charge is -2.18. The van der Waals surface area contributed by atoms with Crippen LogP contribution in [0.2, 0.25) is 5.02 Å². The van der Waals surface area contributed by atoms with Crippen LogP contribution in [0.4, 0.5) is 9.18 Å². The van der Waals surface area contributed by atoms with Crippen molar-refractivity contribution in [2.45, 2.75) is 24.5 Å². The molecule has 2 atom stereocenters. The van der Waals surface area contributed by atoms with Gasteiger partial charge in [-0.05, 0) is 34.7 Å². The minimum absolute atomic E-state index is 0.0451. The van der Waals surface area contributed by atoms with Crippen molar-refractivity contribution < 1.29 is 24.1 Å². The molecule has 1 amide bonds. The molecule has 1 aliphatic carbocycles. The Kier molecular flexibility index (Phi) is 6.69. The molecule has 8 heteroatoms. The number of rotatable bonds is 7. The van der Waals surface area contributed by atoms with Crippen LogP contribution < -0.4 is 5.32 Å². The van der Waals surface area contributed by atoms with Gasteiger partial charge in [0.1, 0.15) is 12.7 Å². The summed E-state index contributed by atoms with van der Waals surface area (Å²) in [5, 5.41) is 22.7. The van der Waals surface area contributed by atoms with Gasteiger partial charge in [0.25, 0.3) is 0 Å². The van der Waals surface area contributed by atoms with Gasteiger partial charge < -0.3 is 20.3 Å². The van der Waals surface area contributed by atoms with Crippen LogP contribution in [0.25, 0.3) is 11.1 Å². The van der Waals surface area contributed by atoms with E-state index in [4.69, 9.17) is 16.3 Å². The van der Waals surface area contributed by atoms with Crippen LogP contribution >= 0.6 is 11.6 Å². The molecule has 166 valence electrons. The molecule has 0 saturated heterocycles. The quantitative estimate of drug-likeness (QED) is 0.463. The van der Waals surface area contributed by atoms with Crippen LogP contribution in [0, 0.1) is 5.95 Å². The second-order valence-corrected chi connectivity index (χ2v) is 8.00. The van der Waals surface area contributed by atoms with Gasteiger partial charge in [-0.2, -0.15) is 4.39 Å². The Hall–Kier alpha value is -3.00. The molecule has 1 aliphatic rings. The molecule has 32 heavy (non-hydrogen) atoms. The number of aliphatic hydroxyl groups is 2. The Morgan fingerprint density at radius 3 is 2.38 bits per heavy atom. The van der Waals surface area contributed by atoms with Gasteiger partial charge in [-0.1, -0.05) is 60.1 Å². The maximum atomic E-state index is 13.2. The zero-order valence-corrected chi connectivity index (χ0v) is 17.8. The van der Waals surface area contributed by atoms with Crippen molar-refractivity contribution >= 4 is 17.7 Å². The molecule has 1 aromatic heterocycles. The lowest BCUT2D eigenvalue weighted by molar-refractivity contribution is 0.0134. The largest absolute Gasteiger partial charge is 0.449 e. The monoisotopic (exact) mass is 456 g/mol. The van der Waals surface area contributed by atoms with Gasteiger partial charge in [-0.3, -0.25) is 0 Å². The highest BCUT2D eigenvalue weighted by Crippen LogP contribution is 2.44. The van der Waals surface area contributed by atoms with Crippen molar-refractivity contribution in [3.8, 4) is 11.1 Å². The predicted octanol–water partition coefficient (Wildman–Crippen LogP) is 4.20. The minimum atomic E-state index is -1.31. The molecule has 0 radical (unpaired) electrons. The molecule has 3 N–H and O–H groups in total. The number of hydrogen-bond acceptors (Lipinski definition) is 5. The molecule has 3 aromatic rings. The normalized spacial score (nSPS) is 14.4. The molecule has 0 spiro atoms. The van der Waals surface area contributed by atoms with Gasteiger partial charge in [0.05, 0.1) is 11.1 Å². The van der Waals surface area contributed by atoms with E-state index < -0.39 is 24.2 Å². The summed E-state index contributed by atoms with van der Waals surface area (Å²) in [6, 6.07) is 17.3. The van der Waals surface area contributed by atoms with Crippen molar-refractivity contribution in [1.29, 1.82) is 0 Å². The third-order valence-corrected chi connectivity index (χ3v) is 5.84. The molecule has 0 fully saturated rings. The third kappa shape index (κ3) is 4.60. The molecule has 0 bridgehead atoms. The summed E-state index contributed by atoms with van der Waals surface area (Å²) in [5.41, 5.74) is 4.71. The van der Waals surface area contributed by atoms with Crippen LogP contribution in [-0.2, 0) is 4.74 Å². The van der Waals surface area contributed by atoms with Crippen molar-refractivity contribution in [2.75, 3.05) is 13.2 Å². The number of aliphatic hydroxyl groups excluding tert-OH is 2. The van der Waals surface area contributed by atoms with Gasteiger partial charge in [-0.25, -0.2) is 9.78 Å². The van der Waals surface area contributed by atoms with Crippen LogP contribution in [0.15, 0.2) is 60.8 Å². The molecular weight excluding hydrogens is 435 g/mol. The maximum absolute atomic E-state index is 13.2. The number of aromatic nitrogens is 1. The number of halogens is 2. The van der Waals surface area contributed by atoms with E-state index in [9.17, 15) is 19.4 Å². The van der Waals surface area contributed by atoms with Gasteiger partial charge in [0.2, 0.25) is 5.95 Å². The number of benzene rings is 2. The number of pyridine rings is 1. The number of amides is 1. The standard InChI is InChI=1S/C24H22ClFN2O4/c25-20-11-14(12-28-23(20)26)22(30)21(29)9-10-27-24(31)32-13-19-17-7-3-1-5-15(17)16-6-2-4-8-18(16)19/h1-8,11-12,19,21-22,29-30H,9-10,13H2,(H,27,31). The topological polar surface area (TPSA) is 91.7 Å². The number of nitrogens with one attached hydrogen (secondary N) is 1. The smallest absolute Gasteiger partial charge is 0.407 e. The third-order valence-electron chi connectivity index (χ3n) is 5.58. The number of carbonyl (C=O) groups excluding carboxylic acids is 1. The molecule has 0 aliphatic heterocycles. The van der Waals surface area contributed by atoms with Crippen LogP contribution in [0.3, 0.4) is 0 Å². The molecule has 6 nitrogen and oxygen atoms in total. The lowest BCUT2D eigenvalue weighted by Crippen LogP contribution is -2.30. The fraction of sp³-hybridized carbons (Fsp3) is 0.250. The second-order valence-electron chi connectivity index (χ2n) is 7.59. The van der Waals surface area contributed by atoms with Crippen molar-refractivity contribution in [3.63, 3.8) is 0 Å². The number of carbonyl (C=O) groups is 1. The van der Waals surface area contributed by atoms with E-state index in [0.717, 1.165) is 28.5 Å². The highest BCUT2D eigenvalue weighted by Gasteiger charge is 2.29. The first-order valence-corrected chi connectivity index (χ1v) is 10.6. The zero-order valence-electron chi connectivity index (χ0n) is 17.0. The Balaban J connectivity index is 1.28. The molecule has 2 unspecified atom stereocenters. The summed E-state index contributed by atoms with van der Waals surface area (Å²) < 4.78 is 18.6. The highest BCUT2D eigenvalue weighted by molar-refractivity contribution is 6.30. The van der Waals surface area contributed by atoms with Crippen molar-refractivity contribution in [3.05, 3.63) is 88.5 Å². The summed E-state index contributed by atoms with van der Waals surface area (Å²) >= 11 is 5.66. The summed E-state index contributed by atoms with van der Waals surface area (Å²) in [5.74, 6) is -0.898. The van der Waals surface area contributed by atoms with Gasteiger partial charge >= 0.3 is 6.09 Å². The number of ether oxygens (including phenoxy) is 1. The Morgan fingerprint density at radius 1 is 1.12 bits per heavy atom. The fourth-order valence-electron chi connectivity index (χ4n) is 3.95. The van der Waals surface area contributed by atoms with Crippen LogP contribution in [-0.4, -0.2) is 40.5 Å². The lowest BCUT2D eigenvalue weighted by atomic mass is 9.98. The Labute approximate surface area is 189 Å². The Morgan fingerprint density at radius 2 is 1.75 bits per heavy atom. The summed E-state index contributed by atoms with van der Waals surface area (Å²) in [6.07, 6.45) is -1.97. The van der Waals surface area contributed by atoms with Gasteiger partial charge in [-0.15, -0.1) is 0 Å². The minimum Gasteiger partial charge on any atom is -0.449 e. The molecule has 4 rings (SSSR count). The van der Waals surface area contributed by atoms with E-state index in [2.05, 4.69) is 22.4 Å². The van der Waals surface area contributed by atoms with E-state index in [0.29, 0.717) is 0 Å². The highest BCUT2D eigenvalue weighted by atomic mass is 35.5. The number of alkyl carbamates (subject to hydrolysis) is 1. The average Bonchev–Trinajstić information content (AvgIpc) is 3.12. The second kappa shape index (κ2) is 9.65. The SMILES string of the molecule is O=C(NCCC(O)C(O)c1cnc(F)c(Cl)c1)OCC1c2ccccc2-c2ccccc21. The predicted molar refractivity (Wildman–Crippen MR) is 118 cm³/mol. The first kappa shape index (κ1) is 22.2.